The van der Waals surface area contributed by atoms with E-state index < -0.39 is 0 Å². The van der Waals surface area contributed by atoms with Gasteiger partial charge in [-0.15, -0.1) is 0 Å². The summed E-state index contributed by atoms with van der Waals surface area (Å²) in [5.41, 5.74) is 1.74. The number of benzene rings is 2. The Morgan fingerprint density at radius 2 is 1.93 bits per heavy atom. The smallest absolute Gasteiger partial charge is 0.136 e. The summed E-state index contributed by atoms with van der Waals surface area (Å²) >= 11 is 9.49. The molecule has 0 radical (unpaired) electrons. The molecule has 15 heavy (non-hydrogen) atoms. The third kappa shape index (κ3) is 1.36. The summed E-state index contributed by atoms with van der Waals surface area (Å²) in [4.78, 5) is 0. The van der Waals surface area contributed by atoms with Crippen LogP contribution < -0.4 is 0 Å². The van der Waals surface area contributed by atoms with E-state index >= 15 is 0 Å². The fourth-order valence-corrected chi connectivity index (χ4v) is 2.49. The molecule has 0 aliphatic rings. The third-order valence-electron chi connectivity index (χ3n) is 2.41. The normalized spacial score (nSPS) is 11.3. The molecule has 2 aromatic carbocycles. The van der Waals surface area contributed by atoms with Crippen molar-refractivity contribution in [2.45, 2.75) is 0 Å². The van der Waals surface area contributed by atoms with Crippen molar-refractivity contribution in [3.63, 3.8) is 0 Å². The first-order valence-electron chi connectivity index (χ1n) is 4.52. The van der Waals surface area contributed by atoms with Crippen LogP contribution >= 0.6 is 27.5 Å². The molecule has 74 valence electrons. The van der Waals surface area contributed by atoms with Crippen molar-refractivity contribution in [3.05, 3.63) is 45.9 Å². The summed E-state index contributed by atoms with van der Waals surface area (Å²) in [7, 11) is 0. The second-order valence-electron chi connectivity index (χ2n) is 3.36. The largest absolute Gasteiger partial charge is 0.456 e. The highest BCUT2D eigenvalue weighted by molar-refractivity contribution is 9.10. The lowest BCUT2D eigenvalue weighted by Gasteiger charge is -1.93. The van der Waals surface area contributed by atoms with Gasteiger partial charge >= 0.3 is 0 Å². The lowest BCUT2D eigenvalue weighted by atomic mass is 10.1. The van der Waals surface area contributed by atoms with E-state index in [1.165, 1.54) is 0 Å². The molecule has 1 heterocycles. The molecular weight excluding hydrogens is 275 g/mol. The molecule has 1 aromatic heterocycles. The van der Waals surface area contributed by atoms with Crippen LogP contribution in [0.4, 0.5) is 0 Å². The van der Waals surface area contributed by atoms with Gasteiger partial charge in [-0.05, 0) is 30.3 Å². The topological polar surface area (TPSA) is 13.1 Å². The standard InChI is InChI=1S/C12H6BrClO/c13-9-2-1-3-11-12(9)8-6-7(14)4-5-10(8)15-11/h1-6H. The zero-order valence-corrected chi connectivity index (χ0v) is 9.97. The Labute approximate surface area is 99.8 Å². The molecule has 0 amide bonds. The van der Waals surface area contributed by atoms with Crippen LogP contribution in [0.2, 0.25) is 5.02 Å². The minimum Gasteiger partial charge on any atom is -0.456 e. The second-order valence-corrected chi connectivity index (χ2v) is 4.65. The minimum absolute atomic E-state index is 0.723. The third-order valence-corrected chi connectivity index (χ3v) is 3.30. The van der Waals surface area contributed by atoms with Gasteiger partial charge < -0.3 is 4.42 Å². The van der Waals surface area contributed by atoms with E-state index in [2.05, 4.69) is 15.9 Å². The average Bonchev–Trinajstić information content (AvgIpc) is 2.57. The molecule has 0 fully saturated rings. The molecule has 3 heteroatoms. The lowest BCUT2D eigenvalue weighted by Crippen LogP contribution is -1.69. The number of halogens is 2. The van der Waals surface area contributed by atoms with E-state index in [0.717, 1.165) is 31.4 Å². The van der Waals surface area contributed by atoms with Crippen LogP contribution in [0.3, 0.4) is 0 Å². The maximum absolute atomic E-state index is 5.97. The van der Waals surface area contributed by atoms with Gasteiger partial charge in [0.2, 0.25) is 0 Å². The van der Waals surface area contributed by atoms with Gasteiger partial charge in [0.15, 0.2) is 0 Å². The van der Waals surface area contributed by atoms with Gasteiger partial charge in [0, 0.05) is 20.3 Å². The Balaban J connectivity index is 2.61. The number of hydrogen-bond donors (Lipinski definition) is 0. The summed E-state index contributed by atoms with van der Waals surface area (Å²) in [6.45, 7) is 0. The summed E-state index contributed by atoms with van der Waals surface area (Å²) in [6.07, 6.45) is 0. The maximum atomic E-state index is 5.97. The van der Waals surface area contributed by atoms with Crippen LogP contribution in [0, 0.1) is 0 Å². The molecular formula is C12H6BrClO. The van der Waals surface area contributed by atoms with E-state index in [0.29, 0.717) is 0 Å². The predicted octanol–water partition coefficient (Wildman–Crippen LogP) is 5.00. The van der Waals surface area contributed by atoms with E-state index in [-0.39, 0.29) is 0 Å². The van der Waals surface area contributed by atoms with Crippen LogP contribution in [-0.2, 0) is 0 Å². The molecule has 0 N–H and O–H groups in total. The highest BCUT2D eigenvalue weighted by atomic mass is 79.9. The van der Waals surface area contributed by atoms with Crippen LogP contribution in [-0.4, -0.2) is 0 Å². The van der Waals surface area contributed by atoms with Gasteiger partial charge in [0.05, 0.1) is 0 Å². The number of hydrogen-bond acceptors (Lipinski definition) is 1. The Kier molecular flexibility index (Phi) is 2.01. The van der Waals surface area contributed by atoms with E-state index in [9.17, 15) is 0 Å². The molecule has 0 atom stereocenters. The fourth-order valence-electron chi connectivity index (χ4n) is 1.76. The Bertz CT molecular complexity index is 657. The van der Waals surface area contributed by atoms with Crippen molar-refractivity contribution in [3.8, 4) is 0 Å². The number of furan rings is 1. The monoisotopic (exact) mass is 280 g/mol. The fraction of sp³-hybridized carbons (Fsp3) is 0. The van der Waals surface area contributed by atoms with Crippen LogP contribution in [0.5, 0.6) is 0 Å². The molecule has 1 nitrogen and oxygen atoms in total. The molecule has 3 rings (SSSR count). The Morgan fingerprint density at radius 1 is 1.07 bits per heavy atom. The average molecular weight is 282 g/mol. The molecule has 3 aromatic rings. The number of fused-ring (bicyclic) bond motifs is 3. The van der Waals surface area contributed by atoms with Crippen molar-refractivity contribution in [1.82, 2.24) is 0 Å². The first kappa shape index (κ1) is 9.25. The van der Waals surface area contributed by atoms with E-state index in [1.54, 1.807) is 0 Å². The van der Waals surface area contributed by atoms with Gasteiger partial charge in [-0.3, -0.25) is 0 Å². The van der Waals surface area contributed by atoms with Crippen LogP contribution in [0.1, 0.15) is 0 Å². The van der Waals surface area contributed by atoms with E-state index in [4.69, 9.17) is 16.0 Å². The molecule has 0 aliphatic heterocycles. The van der Waals surface area contributed by atoms with Crippen molar-refractivity contribution in [1.29, 1.82) is 0 Å². The summed E-state index contributed by atoms with van der Waals surface area (Å²) in [5.74, 6) is 0. The van der Waals surface area contributed by atoms with Crippen molar-refractivity contribution < 1.29 is 4.42 Å². The zero-order chi connectivity index (χ0) is 10.4. The maximum Gasteiger partial charge on any atom is 0.136 e. The summed E-state index contributed by atoms with van der Waals surface area (Å²) in [5, 5.41) is 2.85. The highest BCUT2D eigenvalue weighted by Gasteiger charge is 2.09. The zero-order valence-electron chi connectivity index (χ0n) is 7.63. The number of rotatable bonds is 0. The minimum atomic E-state index is 0.723. The molecule has 0 saturated heterocycles. The highest BCUT2D eigenvalue weighted by Crippen LogP contribution is 2.35. The first-order valence-corrected chi connectivity index (χ1v) is 5.69. The molecule has 0 aliphatic carbocycles. The van der Waals surface area contributed by atoms with Gasteiger partial charge in [0.25, 0.3) is 0 Å². The quantitative estimate of drug-likeness (QED) is 0.565. The van der Waals surface area contributed by atoms with E-state index in [1.807, 2.05) is 36.4 Å². The summed E-state index contributed by atoms with van der Waals surface area (Å²) in [6, 6.07) is 11.6. The van der Waals surface area contributed by atoms with Gasteiger partial charge in [-0.25, -0.2) is 0 Å². The van der Waals surface area contributed by atoms with Crippen molar-refractivity contribution >= 4 is 49.5 Å². The van der Waals surface area contributed by atoms with Gasteiger partial charge in [0.1, 0.15) is 11.2 Å². The Morgan fingerprint density at radius 3 is 2.80 bits per heavy atom. The molecule has 0 spiro atoms. The first-order chi connectivity index (χ1) is 7.25. The van der Waals surface area contributed by atoms with Crippen LogP contribution in [0.25, 0.3) is 21.9 Å². The lowest BCUT2D eigenvalue weighted by molar-refractivity contribution is 0.669. The van der Waals surface area contributed by atoms with Gasteiger partial charge in [-0.2, -0.15) is 0 Å². The molecule has 0 unspecified atom stereocenters. The van der Waals surface area contributed by atoms with Crippen molar-refractivity contribution in [2.24, 2.45) is 0 Å². The molecule has 0 bridgehead atoms. The van der Waals surface area contributed by atoms with Crippen LogP contribution in [0.15, 0.2) is 45.3 Å². The predicted molar refractivity (Wildman–Crippen MR) is 66.4 cm³/mol. The summed E-state index contributed by atoms with van der Waals surface area (Å²) < 4.78 is 6.73. The Hall–Kier alpha value is -0.990. The van der Waals surface area contributed by atoms with Gasteiger partial charge in [-0.1, -0.05) is 33.6 Å². The van der Waals surface area contributed by atoms with Crippen molar-refractivity contribution in [2.75, 3.05) is 0 Å². The SMILES string of the molecule is Clc1ccc2oc3cccc(Br)c3c2c1. The second kappa shape index (κ2) is 3.26. The molecule has 0 saturated carbocycles.